The molecule has 6 heteroatoms. The standard InChI is InChI=1S/C13H20N4O2/c1-9-5-10(3-4-17(9)2)15-7-12-11(13(18)19)6-14-8-16-12/h6,8-10,15H,3-5,7H2,1-2H3,(H,18,19). The molecule has 0 radical (unpaired) electrons. The molecule has 1 aliphatic rings. The molecule has 0 bridgehead atoms. The first kappa shape index (κ1) is 13.9. The van der Waals surface area contributed by atoms with Crippen molar-refractivity contribution >= 4 is 5.97 Å². The summed E-state index contributed by atoms with van der Waals surface area (Å²) in [5.74, 6) is -0.978. The summed E-state index contributed by atoms with van der Waals surface area (Å²) in [7, 11) is 2.13. The van der Waals surface area contributed by atoms with Gasteiger partial charge in [-0.3, -0.25) is 0 Å². The summed E-state index contributed by atoms with van der Waals surface area (Å²) >= 11 is 0. The lowest BCUT2D eigenvalue weighted by atomic mass is 9.99. The van der Waals surface area contributed by atoms with Crippen molar-refractivity contribution in [2.24, 2.45) is 0 Å². The molecule has 1 aromatic rings. The van der Waals surface area contributed by atoms with Crippen molar-refractivity contribution in [1.82, 2.24) is 20.2 Å². The highest BCUT2D eigenvalue weighted by atomic mass is 16.4. The molecule has 1 fully saturated rings. The normalized spacial score (nSPS) is 24.3. The lowest BCUT2D eigenvalue weighted by molar-refractivity contribution is 0.0694. The Labute approximate surface area is 112 Å². The third-order valence-electron chi connectivity index (χ3n) is 3.79. The van der Waals surface area contributed by atoms with E-state index in [0.29, 0.717) is 24.3 Å². The summed E-state index contributed by atoms with van der Waals surface area (Å²) < 4.78 is 0. The first-order valence-electron chi connectivity index (χ1n) is 6.53. The zero-order valence-electron chi connectivity index (χ0n) is 11.3. The minimum atomic E-state index is -0.978. The average Bonchev–Trinajstić information content (AvgIpc) is 2.40. The number of carbonyl (C=O) groups is 1. The summed E-state index contributed by atoms with van der Waals surface area (Å²) in [5.41, 5.74) is 0.727. The van der Waals surface area contributed by atoms with Crippen LogP contribution in [0.3, 0.4) is 0 Å². The predicted molar refractivity (Wildman–Crippen MR) is 70.9 cm³/mol. The van der Waals surface area contributed by atoms with Crippen molar-refractivity contribution in [3.63, 3.8) is 0 Å². The Morgan fingerprint density at radius 2 is 2.42 bits per heavy atom. The van der Waals surface area contributed by atoms with Crippen LogP contribution in [0.4, 0.5) is 0 Å². The molecule has 0 spiro atoms. The van der Waals surface area contributed by atoms with Gasteiger partial charge in [-0.25, -0.2) is 14.8 Å². The lowest BCUT2D eigenvalue weighted by Gasteiger charge is -2.35. The fourth-order valence-electron chi connectivity index (χ4n) is 2.39. The molecule has 2 atom stereocenters. The lowest BCUT2D eigenvalue weighted by Crippen LogP contribution is -2.45. The average molecular weight is 264 g/mol. The van der Waals surface area contributed by atoms with E-state index in [0.717, 1.165) is 19.4 Å². The van der Waals surface area contributed by atoms with Crippen molar-refractivity contribution in [1.29, 1.82) is 0 Å². The molecule has 2 rings (SSSR count). The maximum atomic E-state index is 11.1. The van der Waals surface area contributed by atoms with Crippen molar-refractivity contribution in [3.8, 4) is 0 Å². The zero-order valence-corrected chi connectivity index (χ0v) is 11.3. The maximum absolute atomic E-state index is 11.1. The molecule has 2 unspecified atom stereocenters. The molecule has 1 saturated heterocycles. The van der Waals surface area contributed by atoms with Gasteiger partial charge in [0, 0.05) is 24.8 Å². The minimum absolute atomic E-state index is 0.177. The second-order valence-corrected chi connectivity index (χ2v) is 5.12. The number of nitrogens with zero attached hydrogens (tertiary/aromatic N) is 3. The predicted octanol–water partition coefficient (Wildman–Crippen LogP) is 0.747. The number of likely N-dealkylation sites (tertiary alicyclic amines) is 1. The molecule has 1 aliphatic heterocycles. The Morgan fingerprint density at radius 1 is 1.63 bits per heavy atom. The number of nitrogens with one attached hydrogen (secondary N) is 1. The topological polar surface area (TPSA) is 78.3 Å². The zero-order chi connectivity index (χ0) is 13.8. The molecule has 0 saturated carbocycles. The van der Waals surface area contributed by atoms with E-state index in [1.165, 1.54) is 12.5 Å². The van der Waals surface area contributed by atoms with Crippen LogP contribution in [-0.2, 0) is 6.54 Å². The summed E-state index contributed by atoms with van der Waals surface area (Å²) in [6.07, 6.45) is 4.89. The van der Waals surface area contributed by atoms with Crippen LogP contribution in [0.1, 0.15) is 35.8 Å². The largest absolute Gasteiger partial charge is 0.478 e. The monoisotopic (exact) mass is 264 g/mol. The van der Waals surface area contributed by atoms with Crippen LogP contribution in [0, 0.1) is 0 Å². The molecule has 6 nitrogen and oxygen atoms in total. The first-order valence-corrected chi connectivity index (χ1v) is 6.53. The quantitative estimate of drug-likeness (QED) is 0.835. The molecule has 1 aromatic heterocycles. The number of aromatic nitrogens is 2. The Balaban J connectivity index is 1.94. The summed E-state index contributed by atoms with van der Waals surface area (Å²) in [6.45, 7) is 3.75. The van der Waals surface area contributed by atoms with E-state index in [9.17, 15) is 4.79 Å². The minimum Gasteiger partial charge on any atom is -0.478 e. The molecule has 2 N–H and O–H groups in total. The molecule has 0 amide bonds. The molecule has 0 aliphatic carbocycles. The van der Waals surface area contributed by atoms with Crippen LogP contribution >= 0.6 is 0 Å². The highest BCUT2D eigenvalue weighted by Crippen LogP contribution is 2.16. The molecular formula is C13H20N4O2. The van der Waals surface area contributed by atoms with Gasteiger partial charge in [-0.05, 0) is 33.4 Å². The van der Waals surface area contributed by atoms with Crippen molar-refractivity contribution in [2.75, 3.05) is 13.6 Å². The first-order chi connectivity index (χ1) is 9.08. The highest BCUT2D eigenvalue weighted by molar-refractivity contribution is 5.88. The SMILES string of the molecule is CC1CC(NCc2ncncc2C(=O)O)CCN1C. The van der Waals surface area contributed by atoms with Crippen molar-refractivity contribution in [3.05, 3.63) is 23.8 Å². The second kappa shape index (κ2) is 6.08. The molecule has 19 heavy (non-hydrogen) atoms. The van der Waals surface area contributed by atoms with Crippen LogP contribution in [0.5, 0.6) is 0 Å². The van der Waals surface area contributed by atoms with Crippen molar-refractivity contribution in [2.45, 2.75) is 38.4 Å². The smallest absolute Gasteiger partial charge is 0.339 e. The van der Waals surface area contributed by atoms with Crippen LogP contribution in [0.2, 0.25) is 0 Å². The van der Waals surface area contributed by atoms with E-state index in [2.05, 4.69) is 34.2 Å². The van der Waals surface area contributed by atoms with Gasteiger partial charge in [-0.15, -0.1) is 0 Å². The summed E-state index contributed by atoms with van der Waals surface area (Å²) in [6, 6.07) is 0.971. The maximum Gasteiger partial charge on any atom is 0.339 e. The van der Waals surface area contributed by atoms with E-state index in [-0.39, 0.29) is 5.56 Å². The summed E-state index contributed by atoms with van der Waals surface area (Å²) in [5, 5.41) is 12.5. The van der Waals surface area contributed by atoms with Gasteiger partial charge in [-0.2, -0.15) is 0 Å². The van der Waals surface area contributed by atoms with E-state index in [1.807, 2.05) is 0 Å². The fourth-order valence-corrected chi connectivity index (χ4v) is 2.39. The number of rotatable bonds is 4. The molecule has 0 aromatic carbocycles. The van der Waals surface area contributed by atoms with Gasteiger partial charge in [0.25, 0.3) is 0 Å². The molecule has 104 valence electrons. The fraction of sp³-hybridized carbons (Fsp3) is 0.615. The number of hydrogen-bond acceptors (Lipinski definition) is 5. The van der Waals surface area contributed by atoms with Crippen LogP contribution in [-0.4, -0.2) is 51.6 Å². The van der Waals surface area contributed by atoms with E-state index < -0.39 is 5.97 Å². The highest BCUT2D eigenvalue weighted by Gasteiger charge is 2.22. The Bertz CT molecular complexity index is 452. The van der Waals surface area contributed by atoms with Gasteiger partial charge < -0.3 is 15.3 Å². The number of piperidine rings is 1. The molecule has 2 heterocycles. The van der Waals surface area contributed by atoms with Gasteiger partial charge >= 0.3 is 5.97 Å². The van der Waals surface area contributed by atoms with Gasteiger partial charge in [0.1, 0.15) is 11.9 Å². The number of carboxylic acid groups (broad SMARTS) is 1. The molecular weight excluding hydrogens is 244 g/mol. The second-order valence-electron chi connectivity index (χ2n) is 5.12. The third-order valence-corrected chi connectivity index (χ3v) is 3.79. The Kier molecular flexibility index (Phi) is 4.44. The van der Waals surface area contributed by atoms with Crippen LogP contribution < -0.4 is 5.32 Å². The third kappa shape index (κ3) is 3.48. The van der Waals surface area contributed by atoms with E-state index in [1.54, 1.807) is 0 Å². The Hall–Kier alpha value is -1.53. The van der Waals surface area contributed by atoms with Gasteiger partial charge in [0.2, 0.25) is 0 Å². The van der Waals surface area contributed by atoms with Crippen LogP contribution in [0.15, 0.2) is 12.5 Å². The van der Waals surface area contributed by atoms with E-state index in [4.69, 9.17) is 5.11 Å². The number of hydrogen-bond donors (Lipinski definition) is 2. The van der Waals surface area contributed by atoms with Gasteiger partial charge in [-0.1, -0.05) is 0 Å². The van der Waals surface area contributed by atoms with Gasteiger partial charge in [0.05, 0.1) is 5.69 Å². The van der Waals surface area contributed by atoms with Crippen molar-refractivity contribution < 1.29 is 9.90 Å². The number of aromatic carboxylic acids is 1. The Morgan fingerprint density at radius 3 is 3.11 bits per heavy atom. The summed E-state index contributed by atoms with van der Waals surface area (Å²) in [4.78, 5) is 21.2. The van der Waals surface area contributed by atoms with Crippen LogP contribution in [0.25, 0.3) is 0 Å². The number of carboxylic acids is 1. The van der Waals surface area contributed by atoms with Gasteiger partial charge in [0.15, 0.2) is 0 Å². The van der Waals surface area contributed by atoms with E-state index >= 15 is 0 Å².